The summed E-state index contributed by atoms with van der Waals surface area (Å²) in [5, 5.41) is 13.4. The van der Waals surface area contributed by atoms with E-state index in [1.807, 2.05) is 32.6 Å². The Hall–Kier alpha value is -1.30. The molecule has 1 heterocycles. The third-order valence-electron chi connectivity index (χ3n) is 4.05. The maximum absolute atomic E-state index is 12.0. The molecule has 0 saturated carbocycles. The molecule has 0 aromatic carbocycles. The number of aliphatic imine (C=N–C) groups is 1. The number of rotatable bonds is 5. The molecule has 0 aromatic rings. The van der Waals surface area contributed by atoms with Crippen LogP contribution in [0.2, 0.25) is 0 Å². The fourth-order valence-electron chi connectivity index (χ4n) is 2.29. The van der Waals surface area contributed by atoms with Crippen LogP contribution >= 0.6 is 0 Å². The Morgan fingerprint density at radius 1 is 1.23 bits per heavy atom. The van der Waals surface area contributed by atoms with Crippen LogP contribution in [-0.4, -0.2) is 71.6 Å². The SMILES string of the molecule is CCNC(=NCC(C)(O)CC)N1CCN(C(=O)C(C)C)CC1. The zero-order valence-corrected chi connectivity index (χ0v) is 14.7. The summed E-state index contributed by atoms with van der Waals surface area (Å²) in [5.41, 5.74) is -0.768. The Bertz CT molecular complexity index is 386. The molecule has 1 unspecified atom stereocenters. The Morgan fingerprint density at radius 3 is 2.23 bits per heavy atom. The van der Waals surface area contributed by atoms with Crippen LogP contribution in [0.1, 0.15) is 41.0 Å². The van der Waals surface area contributed by atoms with Gasteiger partial charge in [0.2, 0.25) is 5.91 Å². The second-order valence-electron chi connectivity index (χ2n) is 6.49. The van der Waals surface area contributed by atoms with Crippen molar-refractivity contribution in [1.29, 1.82) is 0 Å². The lowest BCUT2D eigenvalue weighted by Crippen LogP contribution is -2.54. The fourth-order valence-corrected chi connectivity index (χ4v) is 2.29. The van der Waals surface area contributed by atoms with E-state index in [0.29, 0.717) is 13.0 Å². The average molecular weight is 312 g/mol. The van der Waals surface area contributed by atoms with Gasteiger partial charge in [0.05, 0.1) is 12.1 Å². The summed E-state index contributed by atoms with van der Waals surface area (Å²) in [5.74, 6) is 1.09. The molecule has 128 valence electrons. The normalized spacial score (nSPS) is 19.3. The Labute approximate surface area is 134 Å². The molecule has 0 spiro atoms. The van der Waals surface area contributed by atoms with E-state index in [0.717, 1.165) is 38.7 Å². The van der Waals surface area contributed by atoms with E-state index in [1.165, 1.54) is 0 Å². The minimum atomic E-state index is -0.768. The number of nitrogens with one attached hydrogen (secondary N) is 1. The van der Waals surface area contributed by atoms with Crippen LogP contribution < -0.4 is 5.32 Å². The molecule has 0 aromatic heterocycles. The molecule has 1 saturated heterocycles. The van der Waals surface area contributed by atoms with Gasteiger partial charge in [-0.1, -0.05) is 20.8 Å². The first-order valence-corrected chi connectivity index (χ1v) is 8.35. The van der Waals surface area contributed by atoms with Gasteiger partial charge in [-0.05, 0) is 20.3 Å². The predicted molar refractivity (Wildman–Crippen MR) is 89.9 cm³/mol. The molecule has 1 aliphatic rings. The van der Waals surface area contributed by atoms with E-state index in [-0.39, 0.29) is 11.8 Å². The predicted octanol–water partition coefficient (Wildman–Crippen LogP) is 0.913. The van der Waals surface area contributed by atoms with Crippen LogP contribution in [0.3, 0.4) is 0 Å². The van der Waals surface area contributed by atoms with E-state index in [4.69, 9.17) is 0 Å². The number of amides is 1. The number of carbonyl (C=O) groups excluding carboxylic acids is 1. The van der Waals surface area contributed by atoms with Gasteiger partial charge in [0.1, 0.15) is 0 Å². The zero-order valence-electron chi connectivity index (χ0n) is 14.7. The van der Waals surface area contributed by atoms with Gasteiger partial charge in [-0.2, -0.15) is 0 Å². The van der Waals surface area contributed by atoms with Gasteiger partial charge in [0, 0.05) is 38.6 Å². The molecular formula is C16H32N4O2. The quantitative estimate of drug-likeness (QED) is 0.585. The van der Waals surface area contributed by atoms with Gasteiger partial charge in [0.15, 0.2) is 5.96 Å². The summed E-state index contributed by atoms with van der Waals surface area (Å²) in [6, 6.07) is 0. The largest absolute Gasteiger partial charge is 0.388 e. The Kier molecular flexibility index (Phi) is 7.13. The zero-order chi connectivity index (χ0) is 16.8. The van der Waals surface area contributed by atoms with Crippen molar-refractivity contribution < 1.29 is 9.90 Å². The second kappa shape index (κ2) is 8.36. The summed E-state index contributed by atoms with van der Waals surface area (Å²) < 4.78 is 0. The summed E-state index contributed by atoms with van der Waals surface area (Å²) >= 11 is 0. The number of guanidine groups is 1. The van der Waals surface area contributed by atoms with Crippen LogP contribution in [-0.2, 0) is 4.79 Å². The van der Waals surface area contributed by atoms with Crippen LogP contribution in [0.15, 0.2) is 4.99 Å². The summed E-state index contributed by atoms with van der Waals surface area (Å²) in [6.07, 6.45) is 0.673. The lowest BCUT2D eigenvalue weighted by molar-refractivity contribution is -0.135. The third kappa shape index (κ3) is 5.48. The lowest BCUT2D eigenvalue weighted by Gasteiger charge is -2.37. The molecule has 0 radical (unpaired) electrons. The molecule has 22 heavy (non-hydrogen) atoms. The molecule has 6 heteroatoms. The topological polar surface area (TPSA) is 68.2 Å². The molecule has 0 bridgehead atoms. The Balaban J connectivity index is 2.64. The smallest absolute Gasteiger partial charge is 0.225 e. The summed E-state index contributed by atoms with van der Waals surface area (Å²) in [6.45, 7) is 13.9. The highest BCUT2D eigenvalue weighted by Gasteiger charge is 2.25. The van der Waals surface area contributed by atoms with E-state index in [2.05, 4.69) is 15.2 Å². The van der Waals surface area contributed by atoms with E-state index >= 15 is 0 Å². The van der Waals surface area contributed by atoms with Crippen molar-refractivity contribution in [3.05, 3.63) is 0 Å². The number of aliphatic hydroxyl groups is 1. The molecule has 1 atom stereocenters. The van der Waals surface area contributed by atoms with Gasteiger partial charge in [-0.25, -0.2) is 0 Å². The number of hydrogen-bond acceptors (Lipinski definition) is 3. The Morgan fingerprint density at radius 2 is 1.77 bits per heavy atom. The first-order valence-electron chi connectivity index (χ1n) is 8.35. The number of carbonyl (C=O) groups is 1. The second-order valence-corrected chi connectivity index (χ2v) is 6.49. The van der Waals surface area contributed by atoms with Crippen molar-refractivity contribution in [2.45, 2.75) is 46.6 Å². The van der Waals surface area contributed by atoms with E-state index < -0.39 is 5.60 Å². The highest BCUT2D eigenvalue weighted by molar-refractivity contribution is 5.81. The fraction of sp³-hybridized carbons (Fsp3) is 0.875. The monoisotopic (exact) mass is 312 g/mol. The van der Waals surface area contributed by atoms with Gasteiger partial charge in [0.25, 0.3) is 0 Å². The van der Waals surface area contributed by atoms with Crippen molar-refractivity contribution in [3.63, 3.8) is 0 Å². The maximum Gasteiger partial charge on any atom is 0.225 e. The molecule has 6 nitrogen and oxygen atoms in total. The van der Waals surface area contributed by atoms with Gasteiger partial charge in [-0.15, -0.1) is 0 Å². The molecular weight excluding hydrogens is 280 g/mol. The third-order valence-corrected chi connectivity index (χ3v) is 4.05. The highest BCUT2D eigenvalue weighted by atomic mass is 16.3. The molecule has 1 rings (SSSR count). The number of piperazine rings is 1. The minimum Gasteiger partial charge on any atom is -0.388 e. The summed E-state index contributed by atoms with van der Waals surface area (Å²) in [4.78, 5) is 20.7. The van der Waals surface area contributed by atoms with Crippen LogP contribution in [0.5, 0.6) is 0 Å². The van der Waals surface area contributed by atoms with Crippen LogP contribution in [0, 0.1) is 5.92 Å². The van der Waals surface area contributed by atoms with Crippen LogP contribution in [0.25, 0.3) is 0 Å². The van der Waals surface area contributed by atoms with Gasteiger partial charge in [-0.3, -0.25) is 9.79 Å². The molecule has 1 aliphatic heterocycles. The minimum absolute atomic E-state index is 0.0492. The van der Waals surface area contributed by atoms with Gasteiger partial charge >= 0.3 is 0 Å². The highest BCUT2D eigenvalue weighted by Crippen LogP contribution is 2.10. The summed E-state index contributed by atoms with van der Waals surface area (Å²) in [7, 11) is 0. The number of nitrogens with zero attached hydrogens (tertiary/aromatic N) is 3. The number of hydrogen-bond donors (Lipinski definition) is 2. The molecule has 1 fully saturated rings. The van der Waals surface area contributed by atoms with Crippen molar-refractivity contribution in [2.24, 2.45) is 10.9 Å². The molecule has 0 aliphatic carbocycles. The average Bonchev–Trinajstić information content (AvgIpc) is 2.51. The maximum atomic E-state index is 12.0. The van der Waals surface area contributed by atoms with Gasteiger partial charge < -0.3 is 20.2 Å². The lowest BCUT2D eigenvalue weighted by atomic mass is 10.1. The van der Waals surface area contributed by atoms with Crippen molar-refractivity contribution in [3.8, 4) is 0 Å². The van der Waals surface area contributed by atoms with Crippen molar-refractivity contribution in [2.75, 3.05) is 39.3 Å². The first kappa shape index (κ1) is 18.7. The van der Waals surface area contributed by atoms with E-state index in [1.54, 1.807) is 6.92 Å². The molecule has 1 amide bonds. The first-order chi connectivity index (χ1) is 10.3. The van der Waals surface area contributed by atoms with Crippen molar-refractivity contribution >= 4 is 11.9 Å². The van der Waals surface area contributed by atoms with E-state index in [9.17, 15) is 9.90 Å². The van der Waals surface area contributed by atoms with Crippen molar-refractivity contribution in [1.82, 2.24) is 15.1 Å². The molecule has 2 N–H and O–H groups in total. The van der Waals surface area contributed by atoms with Crippen LogP contribution in [0.4, 0.5) is 0 Å². The standard InChI is InChI=1S/C16H32N4O2/c1-6-16(5,22)12-18-15(17-7-2)20-10-8-19(9-11-20)14(21)13(3)4/h13,22H,6-12H2,1-5H3,(H,17,18).